The van der Waals surface area contributed by atoms with Crippen molar-refractivity contribution in [2.45, 2.75) is 6.61 Å². The van der Waals surface area contributed by atoms with Crippen molar-refractivity contribution in [3.05, 3.63) is 58.2 Å². The Morgan fingerprint density at radius 1 is 1.05 bits per heavy atom. The van der Waals surface area contributed by atoms with Gasteiger partial charge in [-0.1, -0.05) is 23.2 Å². The third kappa shape index (κ3) is 2.55. The number of anilines is 1. The number of nitrogen functional groups attached to an aromatic ring is 1. The first-order chi connectivity index (χ1) is 9.63. The van der Waals surface area contributed by atoms with Gasteiger partial charge >= 0.3 is 0 Å². The zero-order chi connectivity index (χ0) is 14.1. The Labute approximate surface area is 126 Å². The standard InChI is InChI=1S/C15H12Cl2N2O/c16-12-5-9(6-13(17)15(12)18)8-20-11-1-2-14-10(7-11)3-4-19-14/h1-7,19H,8,18H2. The van der Waals surface area contributed by atoms with Crippen molar-refractivity contribution in [1.82, 2.24) is 4.98 Å². The molecule has 0 aliphatic rings. The zero-order valence-electron chi connectivity index (χ0n) is 10.5. The second-order valence-electron chi connectivity index (χ2n) is 4.49. The van der Waals surface area contributed by atoms with E-state index in [1.54, 1.807) is 12.1 Å². The fourth-order valence-corrected chi connectivity index (χ4v) is 2.54. The van der Waals surface area contributed by atoms with Gasteiger partial charge in [0.05, 0.1) is 15.7 Å². The summed E-state index contributed by atoms with van der Waals surface area (Å²) in [6, 6.07) is 11.4. The topological polar surface area (TPSA) is 51.0 Å². The second-order valence-corrected chi connectivity index (χ2v) is 5.30. The third-order valence-corrected chi connectivity index (χ3v) is 3.69. The summed E-state index contributed by atoms with van der Waals surface area (Å²) >= 11 is 12.0. The Bertz CT molecular complexity index is 744. The van der Waals surface area contributed by atoms with Crippen LogP contribution in [-0.2, 0) is 6.61 Å². The van der Waals surface area contributed by atoms with Gasteiger partial charge in [0.25, 0.3) is 0 Å². The Balaban J connectivity index is 1.78. The van der Waals surface area contributed by atoms with E-state index >= 15 is 0 Å². The number of aromatic amines is 1. The van der Waals surface area contributed by atoms with E-state index in [0.29, 0.717) is 22.3 Å². The molecule has 0 spiro atoms. The van der Waals surface area contributed by atoms with E-state index in [1.807, 2.05) is 30.5 Å². The van der Waals surface area contributed by atoms with Crippen LogP contribution in [-0.4, -0.2) is 4.98 Å². The van der Waals surface area contributed by atoms with E-state index in [1.165, 1.54) is 0 Å². The van der Waals surface area contributed by atoms with Crippen LogP contribution in [0, 0.1) is 0 Å². The van der Waals surface area contributed by atoms with Crippen molar-refractivity contribution in [1.29, 1.82) is 0 Å². The van der Waals surface area contributed by atoms with Gasteiger partial charge in [-0.05, 0) is 42.0 Å². The molecule has 0 atom stereocenters. The van der Waals surface area contributed by atoms with Crippen LogP contribution in [0.4, 0.5) is 5.69 Å². The first kappa shape index (κ1) is 13.2. The maximum Gasteiger partial charge on any atom is 0.120 e. The van der Waals surface area contributed by atoms with Crippen molar-refractivity contribution in [3.8, 4) is 5.75 Å². The van der Waals surface area contributed by atoms with E-state index in [4.69, 9.17) is 33.7 Å². The zero-order valence-corrected chi connectivity index (χ0v) is 12.0. The molecule has 3 rings (SSSR count). The molecule has 102 valence electrons. The van der Waals surface area contributed by atoms with Gasteiger partial charge < -0.3 is 15.5 Å². The normalized spacial score (nSPS) is 10.9. The van der Waals surface area contributed by atoms with Crippen LogP contribution < -0.4 is 10.5 Å². The number of fused-ring (bicyclic) bond motifs is 1. The van der Waals surface area contributed by atoms with Crippen molar-refractivity contribution in [2.24, 2.45) is 0 Å². The van der Waals surface area contributed by atoms with Gasteiger partial charge in [0, 0.05) is 17.1 Å². The molecule has 5 heteroatoms. The molecular formula is C15H12Cl2N2O. The molecule has 0 saturated carbocycles. The molecule has 0 bridgehead atoms. The van der Waals surface area contributed by atoms with Crippen molar-refractivity contribution in [2.75, 3.05) is 5.73 Å². The number of benzene rings is 2. The highest BCUT2D eigenvalue weighted by molar-refractivity contribution is 6.38. The number of ether oxygens (including phenoxy) is 1. The highest BCUT2D eigenvalue weighted by atomic mass is 35.5. The Morgan fingerprint density at radius 2 is 1.80 bits per heavy atom. The van der Waals surface area contributed by atoms with Crippen LogP contribution in [0.5, 0.6) is 5.75 Å². The number of aromatic nitrogens is 1. The molecule has 1 heterocycles. The average molecular weight is 307 g/mol. The first-order valence-corrected chi connectivity index (χ1v) is 6.82. The molecule has 0 aliphatic carbocycles. The van der Waals surface area contributed by atoms with Crippen LogP contribution in [0.3, 0.4) is 0 Å². The summed E-state index contributed by atoms with van der Waals surface area (Å²) in [6.07, 6.45) is 1.90. The SMILES string of the molecule is Nc1c(Cl)cc(COc2ccc3[nH]ccc3c2)cc1Cl. The molecule has 3 nitrogen and oxygen atoms in total. The van der Waals surface area contributed by atoms with Crippen molar-refractivity contribution >= 4 is 39.8 Å². The van der Waals surface area contributed by atoms with Gasteiger partial charge in [-0.25, -0.2) is 0 Å². The molecule has 0 unspecified atom stereocenters. The number of rotatable bonds is 3. The van der Waals surface area contributed by atoms with Gasteiger partial charge in [-0.15, -0.1) is 0 Å². The van der Waals surface area contributed by atoms with E-state index in [-0.39, 0.29) is 0 Å². The number of hydrogen-bond donors (Lipinski definition) is 2. The van der Waals surface area contributed by atoms with Crippen molar-refractivity contribution < 1.29 is 4.74 Å². The lowest BCUT2D eigenvalue weighted by atomic mass is 10.2. The molecule has 2 aromatic carbocycles. The molecule has 0 saturated heterocycles. The van der Waals surface area contributed by atoms with Gasteiger partial charge in [-0.3, -0.25) is 0 Å². The fraction of sp³-hybridized carbons (Fsp3) is 0.0667. The fourth-order valence-electron chi connectivity index (χ4n) is 2.01. The van der Waals surface area contributed by atoms with E-state index < -0.39 is 0 Å². The lowest BCUT2D eigenvalue weighted by molar-refractivity contribution is 0.306. The van der Waals surface area contributed by atoms with Gasteiger partial charge in [0.2, 0.25) is 0 Å². The summed E-state index contributed by atoms with van der Waals surface area (Å²) in [5, 5.41) is 1.99. The average Bonchev–Trinajstić information content (AvgIpc) is 2.89. The number of hydrogen-bond acceptors (Lipinski definition) is 2. The molecular weight excluding hydrogens is 295 g/mol. The molecule has 0 aliphatic heterocycles. The summed E-state index contributed by atoms with van der Waals surface area (Å²) in [5.74, 6) is 0.793. The quantitative estimate of drug-likeness (QED) is 0.693. The maximum atomic E-state index is 6.00. The molecule has 3 N–H and O–H groups in total. The number of halogens is 2. The monoisotopic (exact) mass is 306 g/mol. The molecule has 0 amide bonds. The summed E-state index contributed by atoms with van der Waals surface area (Å²) in [7, 11) is 0. The van der Waals surface area contributed by atoms with Crippen LogP contribution in [0.15, 0.2) is 42.6 Å². The summed E-state index contributed by atoms with van der Waals surface area (Å²) in [5.41, 5.74) is 8.05. The van der Waals surface area contributed by atoms with Gasteiger partial charge in [-0.2, -0.15) is 0 Å². The van der Waals surface area contributed by atoms with Gasteiger partial charge in [0.15, 0.2) is 0 Å². The van der Waals surface area contributed by atoms with Crippen LogP contribution in [0.25, 0.3) is 10.9 Å². The maximum absolute atomic E-state index is 6.00. The number of nitrogens with two attached hydrogens (primary N) is 1. The minimum absolute atomic E-state index is 0.385. The minimum Gasteiger partial charge on any atom is -0.489 e. The molecule has 0 radical (unpaired) electrons. The molecule has 20 heavy (non-hydrogen) atoms. The summed E-state index contributed by atoms with van der Waals surface area (Å²) < 4.78 is 5.75. The Kier molecular flexibility index (Phi) is 3.47. The highest BCUT2D eigenvalue weighted by Crippen LogP contribution is 2.29. The Morgan fingerprint density at radius 3 is 2.55 bits per heavy atom. The van der Waals surface area contributed by atoms with Crippen LogP contribution >= 0.6 is 23.2 Å². The molecule has 3 aromatic rings. The van der Waals surface area contributed by atoms with Gasteiger partial charge in [0.1, 0.15) is 12.4 Å². The van der Waals surface area contributed by atoms with Crippen LogP contribution in [0.1, 0.15) is 5.56 Å². The minimum atomic E-state index is 0.385. The second kappa shape index (κ2) is 5.27. The smallest absolute Gasteiger partial charge is 0.120 e. The molecule has 1 aromatic heterocycles. The number of nitrogens with one attached hydrogen (secondary N) is 1. The summed E-state index contributed by atoms with van der Waals surface area (Å²) in [4.78, 5) is 3.14. The number of H-pyrrole nitrogens is 1. The van der Waals surface area contributed by atoms with E-state index in [9.17, 15) is 0 Å². The first-order valence-electron chi connectivity index (χ1n) is 6.07. The predicted octanol–water partition coefficient (Wildman–Crippen LogP) is 4.64. The third-order valence-electron chi connectivity index (χ3n) is 3.07. The van der Waals surface area contributed by atoms with Crippen LogP contribution in [0.2, 0.25) is 10.0 Å². The van der Waals surface area contributed by atoms with E-state index in [2.05, 4.69) is 4.98 Å². The highest BCUT2D eigenvalue weighted by Gasteiger charge is 2.06. The largest absolute Gasteiger partial charge is 0.489 e. The summed E-state index contributed by atoms with van der Waals surface area (Å²) in [6.45, 7) is 0.385. The van der Waals surface area contributed by atoms with E-state index in [0.717, 1.165) is 22.2 Å². The lowest BCUT2D eigenvalue weighted by Gasteiger charge is -2.09. The predicted molar refractivity (Wildman–Crippen MR) is 83.5 cm³/mol. The Hall–Kier alpha value is -1.84. The van der Waals surface area contributed by atoms with Crippen molar-refractivity contribution in [3.63, 3.8) is 0 Å². The lowest BCUT2D eigenvalue weighted by Crippen LogP contribution is -1.97. The molecule has 0 fully saturated rings.